The van der Waals surface area contributed by atoms with E-state index in [2.05, 4.69) is 10.3 Å². The third kappa shape index (κ3) is 4.47. The maximum atomic E-state index is 13.4. The molecule has 1 amide bonds. The highest BCUT2D eigenvalue weighted by molar-refractivity contribution is 7.90. The minimum absolute atomic E-state index is 0.259. The quantitative estimate of drug-likeness (QED) is 0.426. The molecule has 2 heterocycles. The van der Waals surface area contributed by atoms with Gasteiger partial charge in [0.15, 0.2) is 9.84 Å². The predicted octanol–water partition coefficient (Wildman–Crippen LogP) is 4.75. The molecule has 0 saturated heterocycles. The van der Waals surface area contributed by atoms with Gasteiger partial charge < -0.3 is 10.1 Å². The highest BCUT2D eigenvalue weighted by atomic mass is 32.2. The number of amides is 1. The van der Waals surface area contributed by atoms with Crippen LogP contribution in [0, 0.1) is 5.82 Å². The van der Waals surface area contributed by atoms with Crippen LogP contribution in [0.15, 0.2) is 96.0 Å². The SMILES string of the molecule is CS(=O)(=O)c1ccc(-c2ccc(C3(NC(=O)c4ccc(F)cc4)CCOc4cccnc43)cc2)cc1. The molecule has 0 radical (unpaired) electrons. The molecule has 8 heteroatoms. The van der Waals surface area contributed by atoms with Gasteiger partial charge in [0, 0.05) is 24.4 Å². The van der Waals surface area contributed by atoms with Crippen molar-refractivity contribution < 1.29 is 22.3 Å². The summed E-state index contributed by atoms with van der Waals surface area (Å²) in [5.74, 6) is -0.183. The molecule has 6 nitrogen and oxygen atoms in total. The fourth-order valence-corrected chi connectivity index (χ4v) is 5.07. The summed E-state index contributed by atoms with van der Waals surface area (Å²) >= 11 is 0. The van der Waals surface area contributed by atoms with E-state index in [1.54, 1.807) is 36.5 Å². The van der Waals surface area contributed by atoms with Gasteiger partial charge in [-0.15, -0.1) is 0 Å². The monoisotopic (exact) mass is 502 g/mol. The van der Waals surface area contributed by atoms with Crippen LogP contribution in [0.3, 0.4) is 0 Å². The highest BCUT2D eigenvalue weighted by Crippen LogP contribution is 2.41. The zero-order chi connectivity index (χ0) is 25.3. The van der Waals surface area contributed by atoms with Crippen molar-refractivity contribution in [2.24, 2.45) is 0 Å². The molecule has 0 saturated carbocycles. The number of hydrogen-bond donors (Lipinski definition) is 1. The van der Waals surface area contributed by atoms with Crippen molar-refractivity contribution in [3.8, 4) is 16.9 Å². The van der Waals surface area contributed by atoms with Crippen molar-refractivity contribution in [1.82, 2.24) is 10.3 Å². The lowest BCUT2D eigenvalue weighted by Gasteiger charge is -2.39. The van der Waals surface area contributed by atoms with Crippen molar-refractivity contribution in [2.75, 3.05) is 12.9 Å². The standard InChI is InChI=1S/C28H23FN2O4S/c1-36(33,34)24-14-8-20(9-15-24)19-4-10-22(11-5-19)28(16-18-35-25-3-2-17-30-26(25)28)31-27(32)21-6-12-23(29)13-7-21/h2-15,17H,16,18H2,1H3,(H,31,32). The third-order valence-corrected chi connectivity index (χ3v) is 7.46. The first-order valence-corrected chi connectivity index (χ1v) is 13.2. The molecule has 0 aliphatic carbocycles. The van der Waals surface area contributed by atoms with E-state index in [-0.39, 0.29) is 10.8 Å². The fraction of sp³-hybridized carbons (Fsp3) is 0.143. The van der Waals surface area contributed by atoms with Crippen LogP contribution in [0.2, 0.25) is 0 Å². The first kappa shape index (κ1) is 23.7. The van der Waals surface area contributed by atoms with Crippen molar-refractivity contribution in [1.29, 1.82) is 0 Å². The number of rotatable bonds is 5. The molecule has 0 spiro atoms. The molecular weight excluding hydrogens is 479 g/mol. The van der Waals surface area contributed by atoms with Gasteiger partial charge in [0.2, 0.25) is 0 Å². The Morgan fingerprint density at radius 1 is 0.944 bits per heavy atom. The molecule has 1 unspecified atom stereocenters. The number of carbonyl (C=O) groups excluding carboxylic acids is 1. The first-order valence-electron chi connectivity index (χ1n) is 11.3. The average molecular weight is 503 g/mol. The lowest BCUT2D eigenvalue weighted by atomic mass is 9.80. The zero-order valence-corrected chi connectivity index (χ0v) is 20.3. The Kier molecular flexibility index (Phi) is 6.05. The van der Waals surface area contributed by atoms with Crippen LogP contribution in [0.1, 0.15) is 28.0 Å². The Morgan fingerprint density at radius 2 is 1.58 bits per heavy atom. The summed E-state index contributed by atoms with van der Waals surface area (Å²) in [4.78, 5) is 18.1. The molecule has 1 aromatic heterocycles. The number of pyridine rings is 1. The molecule has 1 N–H and O–H groups in total. The van der Waals surface area contributed by atoms with E-state index >= 15 is 0 Å². The van der Waals surface area contributed by atoms with Crippen molar-refractivity contribution in [3.05, 3.63) is 114 Å². The van der Waals surface area contributed by atoms with Crippen molar-refractivity contribution in [2.45, 2.75) is 16.9 Å². The highest BCUT2D eigenvalue weighted by Gasteiger charge is 2.42. The number of benzene rings is 3. The molecule has 1 aliphatic rings. The van der Waals surface area contributed by atoms with Gasteiger partial charge in [0.25, 0.3) is 5.91 Å². The Morgan fingerprint density at radius 3 is 2.22 bits per heavy atom. The normalized spacial score (nSPS) is 17.1. The van der Waals surface area contributed by atoms with Crippen LogP contribution in [-0.2, 0) is 15.4 Å². The minimum Gasteiger partial charge on any atom is -0.491 e. The van der Waals surface area contributed by atoms with E-state index in [0.717, 1.165) is 16.7 Å². The number of nitrogens with zero attached hydrogens (tertiary/aromatic N) is 1. The molecule has 1 atom stereocenters. The number of nitrogens with one attached hydrogen (secondary N) is 1. The molecule has 1 aliphatic heterocycles. The zero-order valence-electron chi connectivity index (χ0n) is 19.4. The summed E-state index contributed by atoms with van der Waals surface area (Å²) in [7, 11) is -3.28. The number of halogens is 1. The lowest BCUT2D eigenvalue weighted by Crippen LogP contribution is -2.50. The van der Waals surface area contributed by atoms with Crippen LogP contribution >= 0.6 is 0 Å². The van der Waals surface area contributed by atoms with E-state index in [1.165, 1.54) is 30.5 Å². The number of sulfone groups is 1. The molecule has 0 fully saturated rings. The Hall–Kier alpha value is -4.04. The number of aromatic nitrogens is 1. The molecule has 4 aromatic rings. The fourth-order valence-electron chi connectivity index (χ4n) is 4.44. The maximum absolute atomic E-state index is 13.4. The number of hydrogen-bond acceptors (Lipinski definition) is 5. The smallest absolute Gasteiger partial charge is 0.252 e. The van der Waals surface area contributed by atoms with Gasteiger partial charge in [-0.3, -0.25) is 9.78 Å². The lowest BCUT2D eigenvalue weighted by molar-refractivity contribution is 0.0883. The topological polar surface area (TPSA) is 85.4 Å². The summed E-state index contributed by atoms with van der Waals surface area (Å²) in [6, 6.07) is 23.4. The summed E-state index contributed by atoms with van der Waals surface area (Å²) in [5, 5.41) is 3.15. The Labute approximate surface area is 208 Å². The Balaban J connectivity index is 1.54. The van der Waals surface area contributed by atoms with Gasteiger partial charge in [-0.05, 0) is 65.2 Å². The maximum Gasteiger partial charge on any atom is 0.252 e. The van der Waals surface area contributed by atoms with Crippen LogP contribution in [0.4, 0.5) is 4.39 Å². The molecule has 182 valence electrons. The van der Waals surface area contributed by atoms with E-state index in [9.17, 15) is 17.6 Å². The second-order valence-electron chi connectivity index (χ2n) is 8.69. The summed E-state index contributed by atoms with van der Waals surface area (Å²) < 4.78 is 42.8. The predicted molar refractivity (Wildman–Crippen MR) is 134 cm³/mol. The van der Waals surface area contributed by atoms with Gasteiger partial charge in [-0.2, -0.15) is 0 Å². The van der Waals surface area contributed by atoms with Crippen molar-refractivity contribution >= 4 is 15.7 Å². The molecule has 0 bridgehead atoms. The summed E-state index contributed by atoms with van der Waals surface area (Å²) in [5.41, 5.74) is 2.55. The van der Waals surface area contributed by atoms with E-state index < -0.39 is 21.2 Å². The van der Waals surface area contributed by atoms with Crippen LogP contribution in [-0.4, -0.2) is 32.2 Å². The molecule has 36 heavy (non-hydrogen) atoms. The van der Waals surface area contributed by atoms with Gasteiger partial charge in [0.05, 0.1) is 11.5 Å². The van der Waals surface area contributed by atoms with Gasteiger partial charge in [0.1, 0.15) is 22.8 Å². The molecule has 5 rings (SSSR count). The van der Waals surface area contributed by atoms with Crippen molar-refractivity contribution in [3.63, 3.8) is 0 Å². The van der Waals surface area contributed by atoms with Gasteiger partial charge in [-0.1, -0.05) is 36.4 Å². The van der Waals surface area contributed by atoms with E-state index in [4.69, 9.17) is 4.74 Å². The third-order valence-electron chi connectivity index (χ3n) is 6.34. The summed E-state index contributed by atoms with van der Waals surface area (Å²) in [6.45, 7) is 0.372. The molecule has 3 aromatic carbocycles. The van der Waals surface area contributed by atoms with Crippen LogP contribution in [0.5, 0.6) is 5.75 Å². The van der Waals surface area contributed by atoms with Crippen LogP contribution < -0.4 is 10.1 Å². The molecular formula is C28H23FN2O4S. The second-order valence-corrected chi connectivity index (χ2v) is 10.7. The first-order chi connectivity index (χ1) is 17.3. The minimum atomic E-state index is -3.28. The number of ether oxygens (including phenoxy) is 1. The second kappa shape index (κ2) is 9.20. The summed E-state index contributed by atoms with van der Waals surface area (Å²) in [6.07, 6.45) is 3.28. The number of fused-ring (bicyclic) bond motifs is 1. The average Bonchev–Trinajstić information content (AvgIpc) is 2.89. The van der Waals surface area contributed by atoms with Crippen LogP contribution in [0.25, 0.3) is 11.1 Å². The Bertz CT molecular complexity index is 1520. The van der Waals surface area contributed by atoms with Gasteiger partial charge >= 0.3 is 0 Å². The number of carbonyl (C=O) groups is 1. The van der Waals surface area contributed by atoms with E-state index in [0.29, 0.717) is 30.0 Å². The van der Waals surface area contributed by atoms with E-state index in [1.807, 2.05) is 30.3 Å². The largest absolute Gasteiger partial charge is 0.491 e. The van der Waals surface area contributed by atoms with Gasteiger partial charge in [-0.25, -0.2) is 12.8 Å².